The monoisotopic (exact) mass is 735 g/mol. The highest BCUT2D eigenvalue weighted by molar-refractivity contribution is 7.80. The van der Waals surface area contributed by atoms with E-state index in [1.807, 2.05) is 36.4 Å². The lowest BCUT2D eigenvalue weighted by molar-refractivity contribution is -0.164. The van der Waals surface area contributed by atoms with Gasteiger partial charge >= 0.3 is 17.9 Å². The number of aromatic carboxylic acids is 1. The number of carbonyl (C=O) groups is 3. The zero-order valence-electron chi connectivity index (χ0n) is 30.2. The minimum Gasteiger partial charge on any atom is -0.478 e. The van der Waals surface area contributed by atoms with Crippen molar-refractivity contribution in [1.82, 2.24) is 9.89 Å². The molecule has 0 saturated heterocycles. The highest BCUT2D eigenvalue weighted by Crippen LogP contribution is 2.42. The first kappa shape index (κ1) is 39.7. The van der Waals surface area contributed by atoms with Crippen LogP contribution < -0.4 is 25.5 Å². The third kappa shape index (κ3) is 10.0. The number of aliphatic hydroxyl groups is 1. The molecule has 0 fully saturated rings. The number of nitrogens with zero attached hydrogens (tertiary/aromatic N) is 2. The van der Waals surface area contributed by atoms with E-state index >= 15 is 0 Å². The Bertz CT molecular complexity index is 1930. The molecule has 0 spiro atoms. The Morgan fingerprint density at radius 1 is 0.923 bits per heavy atom. The molecule has 2 aromatic rings. The molecule has 13 nitrogen and oxygen atoms in total. The molecule has 52 heavy (non-hydrogen) atoms. The molecule has 1 aliphatic carbocycles. The number of carboxylic acids is 1. The Balaban J connectivity index is 1.52. The molecule has 4 rings (SSSR count). The van der Waals surface area contributed by atoms with Gasteiger partial charge in [-0.15, -0.1) is 0 Å². The molecule has 278 valence electrons. The van der Waals surface area contributed by atoms with Crippen molar-refractivity contribution < 1.29 is 43.2 Å². The minimum absolute atomic E-state index is 0.0493. The van der Waals surface area contributed by atoms with Crippen LogP contribution in [0.2, 0.25) is 0 Å². The Kier molecular flexibility index (Phi) is 14.5. The quantitative estimate of drug-likeness (QED) is 0.0399. The molecule has 0 bridgehead atoms. The number of nitrogens with one attached hydrogen (secondary N) is 2. The van der Waals surface area contributed by atoms with Gasteiger partial charge in [-0.2, -0.15) is 0 Å². The van der Waals surface area contributed by atoms with Crippen LogP contribution in [-0.2, 0) is 23.8 Å². The average Bonchev–Trinajstić information content (AvgIpc) is 3.13. The second-order valence-corrected chi connectivity index (χ2v) is 12.2. The molecule has 2 aromatic carbocycles. The van der Waals surface area contributed by atoms with Gasteiger partial charge in [0.1, 0.15) is 37.1 Å². The van der Waals surface area contributed by atoms with Gasteiger partial charge in [-0.3, -0.25) is 0 Å². The van der Waals surface area contributed by atoms with E-state index in [1.165, 1.54) is 6.92 Å². The normalized spacial score (nSPS) is 11.6. The van der Waals surface area contributed by atoms with Gasteiger partial charge < -0.3 is 44.4 Å². The molecule has 2 aliphatic rings. The third-order valence-corrected chi connectivity index (χ3v) is 8.67. The van der Waals surface area contributed by atoms with Crippen molar-refractivity contribution in [2.45, 2.75) is 40.7 Å². The van der Waals surface area contributed by atoms with Crippen LogP contribution in [0.4, 0.5) is 11.4 Å². The number of fused-ring (bicyclic) bond motifs is 2. The number of benzene rings is 3. The van der Waals surface area contributed by atoms with Crippen molar-refractivity contribution in [1.29, 1.82) is 0 Å². The number of anilines is 2. The predicted molar refractivity (Wildman–Crippen MR) is 204 cm³/mol. The van der Waals surface area contributed by atoms with Crippen LogP contribution in [-0.4, -0.2) is 98.5 Å². The Morgan fingerprint density at radius 3 is 2.33 bits per heavy atom. The van der Waals surface area contributed by atoms with Gasteiger partial charge in [0.25, 0.3) is 0 Å². The zero-order chi connectivity index (χ0) is 37.8. The van der Waals surface area contributed by atoms with Gasteiger partial charge in [0, 0.05) is 59.7 Å². The lowest BCUT2D eigenvalue weighted by atomic mass is 9.90. The van der Waals surface area contributed by atoms with E-state index < -0.39 is 30.6 Å². The first-order valence-corrected chi connectivity index (χ1v) is 17.8. The highest BCUT2D eigenvalue weighted by Gasteiger charge is 2.23. The number of hydrogen-bond donors (Lipinski definition) is 4. The molecule has 0 radical (unpaired) electrons. The summed E-state index contributed by atoms with van der Waals surface area (Å²) in [5.41, 5.74) is 4.38. The van der Waals surface area contributed by atoms with Gasteiger partial charge in [0.2, 0.25) is 5.36 Å². The Hall–Kier alpha value is -5.05. The van der Waals surface area contributed by atoms with Crippen LogP contribution in [0, 0.1) is 0 Å². The van der Waals surface area contributed by atoms with E-state index in [2.05, 4.69) is 52.5 Å². The SMILES string of the molecule is CCN(CC)c1ccc2c(-c3ccc(NC(=S)NCCOCCOC(=O)COC(=O)C(C)O)cc3C(=O)O)c3ccc(=[N+](CC)CC)cc-3oc2c1. The Labute approximate surface area is 308 Å². The van der Waals surface area contributed by atoms with E-state index in [0.29, 0.717) is 29.1 Å². The number of thiocarbonyl (C=S) groups is 1. The lowest BCUT2D eigenvalue weighted by Crippen LogP contribution is -2.31. The fraction of sp³-hybridized carbons (Fsp3) is 0.395. The summed E-state index contributed by atoms with van der Waals surface area (Å²) in [5.74, 6) is -2.10. The number of hydrogen-bond acceptors (Lipinski definition) is 10. The molecule has 14 heteroatoms. The number of rotatable bonds is 17. The summed E-state index contributed by atoms with van der Waals surface area (Å²) in [6.45, 7) is 13.0. The van der Waals surface area contributed by atoms with E-state index in [9.17, 15) is 19.5 Å². The van der Waals surface area contributed by atoms with E-state index in [4.69, 9.17) is 31.2 Å². The first-order valence-electron chi connectivity index (χ1n) is 17.3. The number of carbonyl (C=O) groups excluding carboxylic acids is 2. The van der Waals surface area contributed by atoms with Crippen LogP contribution >= 0.6 is 12.2 Å². The lowest BCUT2D eigenvalue weighted by Gasteiger charge is -2.22. The fourth-order valence-corrected chi connectivity index (χ4v) is 5.99. The Morgan fingerprint density at radius 2 is 1.65 bits per heavy atom. The minimum atomic E-state index is -1.33. The second-order valence-electron chi connectivity index (χ2n) is 11.7. The summed E-state index contributed by atoms with van der Waals surface area (Å²) in [6, 6.07) is 17.3. The molecule has 4 N–H and O–H groups in total. The van der Waals surface area contributed by atoms with Gasteiger partial charge in [0.15, 0.2) is 11.7 Å². The maximum absolute atomic E-state index is 12.8. The number of esters is 2. The van der Waals surface area contributed by atoms with Crippen molar-refractivity contribution >= 4 is 57.6 Å². The molecule has 1 atom stereocenters. The highest BCUT2D eigenvalue weighted by atomic mass is 32.1. The van der Waals surface area contributed by atoms with Crippen LogP contribution in [0.3, 0.4) is 0 Å². The summed E-state index contributed by atoms with van der Waals surface area (Å²) < 4.78 is 23.7. The summed E-state index contributed by atoms with van der Waals surface area (Å²) in [7, 11) is 0. The summed E-state index contributed by atoms with van der Waals surface area (Å²) >= 11 is 5.43. The topological polar surface area (TPSA) is 163 Å². The molecule has 0 aromatic heterocycles. The van der Waals surface area contributed by atoms with Gasteiger partial charge in [0.05, 0.1) is 24.8 Å². The summed E-state index contributed by atoms with van der Waals surface area (Å²) in [6.07, 6.45) is -1.33. The maximum atomic E-state index is 12.8. The standard InChI is InChI=1S/C38H46N4O9S/c1-6-41(7-2)26-11-14-29-32(21-26)51-33-22-27(42(8-3)9-4)12-15-30(33)35(29)28-13-10-25(20-31(28)36(45)46)40-38(52)39-16-17-48-18-19-49-34(44)23-50-37(47)24(5)43/h10-15,20-22,24,43H,6-9,16-19,23H2,1-5H3,(H2,39,45,46,52)/p+1. The first-order chi connectivity index (χ1) is 25.0. The number of aliphatic hydroxyl groups excluding tert-OH is 1. The van der Waals surface area contributed by atoms with Gasteiger partial charge in [-0.1, -0.05) is 6.07 Å². The number of ether oxygens (including phenoxy) is 3. The van der Waals surface area contributed by atoms with Crippen molar-refractivity contribution in [3.05, 3.63) is 65.5 Å². The fourth-order valence-electron chi connectivity index (χ4n) is 5.77. The van der Waals surface area contributed by atoms with Crippen molar-refractivity contribution in [3.8, 4) is 22.5 Å². The molecule has 0 amide bonds. The predicted octanol–water partition coefficient (Wildman–Crippen LogP) is 4.33. The smallest absolute Gasteiger partial charge is 0.344 e. The molecular weight excluding hydrogens is 689 g/mol. The van der Waals surface area contributed by atoms with Crippen LogP contribution in [0.5, 0.6) is 0 Å². The van der Waals surface area contributed by atoms with E-state index in [0.717, 1.165) is 53.7 Å². The number of carboxylic acid groups (broad SMARTS) is 1. The van der Waals surface area contributed by atoms with Crippen LogP contribution in [0.1, 0.15) is 45.0 Å². The molecule has 1 aliphatic heterocycles. The third-order valence-electron chi connectivity index (χ3n) is 8.42. The molecule has 1 unspecified atom stereocenters. The van der Waals surface area contributed by atoms with Crippen LogP contribution in [0.25, 0.3) is 33.4 Å². The second kappa shape index (κ2) is 19.0. The molecular formula is C38H47N4O9S+. The van der Waals surface area contributed by atoms with Crippen molar-refractivity contribution in [3.63, 3.8) is 0 Å². The largest absolute Gasteiger partial charge is 0.478 e. The average molecular weight is 736 g/mol. The molecule has 1 heterocycles. The van der Waals surface area contributed by atoms with E-state index in [1.54, 1.807) is 18.2 Å². The van der Waals surface area contributed by atoms with Crippen LogP contribution in [0.15, 0.2) is 59.0 Å². The van der Waals surface area contributed by atoms with Gasteiger partial charge in [-0.05, 0) is 82.7 Å². The summed E-state index contributed by atoms with van der Waals surface area (Å²) in [4.78, 5) is 37.8. The van der Waals surface area contributed by atoms with Gasteiger partial charge in [-0.25, -0.2) is 19.0 Å². The summed E-state index contributed by atoms with van der Waals surface area (Å²) in [5, 5.41) is 27.7. The van der Waals surface area contributed by atoms with E-state index in [-0.39, 0.29) is 30.5 Å². The maximum Gasteiger partial charge on any atom is 0.344 e. The van der Waals surface area contributed by atoms with Crippen molar-refractivity contribution in [2.75, 3.05) is 69.4 Å². The van der Waals surface area contributed by atoms with Crippen molar-refractivity contribution in [2.24, 2.45) is 0 Å². The molecule has 0 saturated carbocycles. The zero-order valence-corrected chi connectivity index (χ0v) is 31.0.